The zero-order valence-electron chi connectivity index (χ0n) is 17.3. The first-order valence-electron chi connectivity index (χ1n) is 10.5. The fourth-order valence-electron chi connectivity index (χ4n) is 3.88. The molecule has 1 saturated heterocycles. The smallest absolute Gasteiger partial charge is 0.338 e. The lowest BCUT2D eigenvalue weighted by molar-refractivity contribution is -0.139. The highest BCUT2D eigenvalue weighted by Crippen LogP contribution is 2.29. The molecule has 2 N–H and O–H groups in total. The van der Waals surface area contributed by atoms with E-state index in [1.807, 2.05) is 31.2 Å². The van der Waals surface area contributed by atoms with E-state index in [1.165, 1.54) is 12.8 Å². The fraction of sp³-hybridized carbons (Fsp3) is 0.545. The molecule has 2 amide bonds. The van der Waals surface area contributed by atoms with Crippen molar-refractivity contribution in [2.24, 2.45) is 0 Å². The van der Waals surface area contributed by atoms with E-state index in [-0.39, 0.29) is 12.6 Å². The highest BCUT2D eigenvalue weighted by atomic mass is 16.5. The number of ether oxygens (including phenoxy) is 2. The van der Waals surface area contributed by atoms with Gasteiger partial charge in [-0.2, -0.15) is 0 Å². The van der Waals surface area contributed by atoms with Crippen LogP contribution in [0.4, 0.5) is 4.79 Å². The van der Waals surface area contributed by atoms with Gasteiger partial charge in [0.05, 0.1) is 24.8 Å². The molecule has 0 bridgehead atoms. The van der Waals surface area contributed by atoms with Crippen LogP contribution in [0.25, 0.3) is 0 Å². The van der Waals surface area contributed by atoms with Gasteiger partial charge in [-0.15, -0.1) is 0 Å². The number of nitrogens with one attached hydrogen (secondary N) is 2. The van der Waals surface area contributed by atoms with Crippen LogP contribution >= 0.6 is 0 Å². The number of likely N-dealkylation sites (tertiary alicyclic amines) is 1. The van der Waals surface area contributed by atoms with Gasteiger partial charge in [-0.3, -0.25) is 4.90 Å². The molecule has 1 atom stereocenters. The lowest BCUT2D eigenvalue weighted by atomic mass is 9.95. The number of carbonyl (C=O) groups excluding carboxylic acids is 2. The third-order valence-electron chi connectivity index (χ3n) is 5.25. The van der Waals surface area contributed by atoms with Crippen molar-refractivity contribution in [1.29, 1.82) is 0 Å². The highest BCUT2D eigenvalue weighted by Gasteiger charge is 2.34. The van der Waals surface area contributed by atoms with E-state index >= 15 is 0 Å². The Labute approximate surface area is 172 Å². The summed E-state index contributed by atoms with van der Waals surface area (Å²) < 4.78 is 10.8. The minimum Gasteiger partial charge on any atom is -0.494 e. The minimum atomic E-state index is -0.555. The van der Waals surface area contributed by atoms with E-state index < -0.39 is 12.0 Å². The largest absolute Gasteiger partial charge is 0.494 e. The summed E-state index contributed by atoms with van der Waals surface area (Å²) >= 11 is 0. The van der Waals surface area contributed by atoms with Crippen molar-refractivity contribution in [3.8, 4) is 5.75 Å². The maximum Gasteiger partial charge on any atom is 0.338 e. The second-order valence-electron chi connectivity index (χ2n) is 7.34. The van der Waals surface area contributed by atoms with Gasteiger partial charge in [0.1, 0.15) is 5.75 Å². The van der Waals surface area contributed by atoms with Crippen molar-refractivity contribution in [2.75, 3.05) is 32.8 Å². The van der Waals surface area contributed by atoms with Crippen molar-refractivity contribution in [1.82, 2.24) is 15.5 Å². The Bertz CT molecular complexity index is 737. The predicted octanol–water partition coefficient (Wildman–Crippen LogP) is 3.13. The molecule has 2 aliphatic rings. The van der Waals surface area contributed by atoms with Gasteiger partial charge < -0.3 is 20.1 Å². The molecule has 158 valence electrons. The molecule has 0 radical (unpaired) electrons. The van der Waals surface area contributed by atoms with E-state index in [4.69, 9.17) is 9.47 Å². The van der Waals surface area contributed by atoms with E-state index in [0.717, 1.165) is 37.2 Å². The number of urea groups is 1. The van der Waals surface area contributed by atoms with E-state index in [1.54, 1.807) is 6.92 Å². The van der Waals surface area contributed by atoms with Gasteiger partial charge in [-0.05, 0) is 57.5 Å². The molecule has 0 aromatic heterocycles. The standard InChI is InChI=1S/C22H31N3O4/c1-3-28-17-11-9-16(10-12-17)20-19(21(26)29-4-2)18(23-22(27)24-20)15-25-13-7-5-6-8-14-25/h9-12,20H,3-8,13-15H2,1-2H3,(H2,23,24,27)/t20-/m1/s1. The van der Waals surface area contributed by atoms with Gasteiger partial charge in [-0.25, -0.2) is 9.59 Å². The van der Waals surface area contributed by atoms with Crippen LogP contribution in [0.15, 0.2) is 35.5 Å². The zero-order valence-corrected chi connectivity index (χ0v) is 17.3. The van der Waals surface area contributed by atoms with Crippen molar-refractivity contribution >= 4 is 12.0 Å². The molecular formula is C22H31N3O4. The van der Waals surface area contributed by atoms with Crippen molar-refractivity contribution in [2.45, 2.75) is 45.6 Å². The van der Waals surface area contributed by atoms with Crippen LogP contribution in [0.3, 0.4) is 0 Å². The topological polar surface area (TPSA) is 79.9 Å². The Kier molecular flexibility index (Phi) is 7.52. The average Bonchev–Trinajstić information content (AvgIpc) is 2.97. The molecule has 7 heteroatoms. The Morgan fingerprint density at radius 2 is 1.76 bits per heavy atom. The molecule has 1 aromatic rings. The summed E-state index contributed by atoms with van der Waals surface area (Å²) in [6, 6.07) is 6.60. The molecular weight excluding hydrogens is 370 g/mol. The zero-order chi connectivity index (χ0) is 20.6. The normalized spacial score (nSPS) is 20.5. The molecule has 7 nitrogen and oxygen atoms in total. The first-order chi connectivity index (χ1) is 14.1. The Balaban J connectivity index is 1.93. The number of hydrogen-bond acceptors (Lipinski definition) is 5. The molecule has 29 heavy (non-hydrogen) atoms. The maximum atomic E-state index is 12.9. The monoisotopic (exact) mass is 401 g/mol. The van der Waals surface area contributed by atoms with Crippen LogP contribution in [0.1, 0.15) is 51.1 Å². The van der Waals surface area contributed by atoms with Crippen LogP contribution in [0.5, 0.6) is 5.75 Å². The summed E-state index contributed by atoms with van der Waals surface area (Å²) in [5.41, 5.74) is 1.92. The first kappa shape index (κ1) is 21.2. The predicted molar refractivity (Wildman–Crippen MR) is 111 cm³/mol. The van der Waals surface area contributed by atoms with Crippen LogP contribution in [0.2, 0.25) is 0 Å². The average molecular weight is 402 g/mol. The van der Waals surface area contributed by atoms with Crippen molar-refractivity contribution < 1.29 is 19.1 Å². The molecule has 1 aromatic carbocycles. The second kappa shape index (κ2) is 10.3. The highest BCUT2D eigenvalue weighted by molar-refractivity contribution is 5.95. The molecule has 0 unspecified atom stereocenters. The number of nitrogens with zero attached hydrogens (tertiary/aromatic N) is 1. The van der Waals surface area contributed by atoms with Gasteiger partial charge in [-0.1, -0.05) is 25.0 Å². The fourth-order valence-corrected chi connectivity index (χ4v) is 3.88. The number of hydrogen-bond donors (Lipinski definition) is 2. The third kappa shape index (κ3) is 5.50. The summed E-state index contributed by atoms with van der Waals surface area (Å²) in [6.07, 6.45) is 4.72. The van der Waals surface area contributed by atoms with Gasteiger partial charge in [0.25, 0.3) is 0 Å². The second-order valence-corrected chi connectivity index (χ2v) is 7.34. The number of carbonyl (C=O) groups is 2. The maximum absolute atomic E-state index is 12.9. The summed E-state index contributed by atoms with van der Waals surface area (Å²) in [7, 11) is 0. The van der Waals surface area contributed by atoms with E-state index in [2.05, 4.69) is 15.5 Å². The summed E-state index contributed by atoms with van der Waals surface area (Å²) in [5, 5.41) is 5.75. The number of esters is 1. The quantitative estimate of drug-likeness (QED) is 0.686. The SMILES string of the molecule is CCOC(=O)C1=C(CN2CCCCCC2)NC(=O)N[C@@H]1c1ccc(OCC)cc1. The molecule has 0 aliphatic carbocycles. The molecule has 1 fully saturated rings. The van der Waals surface area contributed by atoms with E-state index in [9.17, 15) is 9.59 Å². The van der Waals surface area contributed by atoms with Crippen LogP contribution < -0.4 is 15.4 Å². The number of benzene rings is 1. The van der Waals surface area contributed by atoms with Crippen LogP contribution in [0, 0.1) is 0 Å². The van der Waals surface area contributed by atoms with Crippen LogP contribution in [-0.2, 0) is 9.53 Å². The van der Waals surface area contributed by atoms with Crippen LogP contribution in [-0.4, -0.2) is 49.7 Å². The molecule has 2 aliphatic heterocycles. The molecule has 3 rings (SSSR count). The Hall–Kier alpha value is -2.54. The Morgan fingerprint density at radius 3 is 2.38 bits per heavy atom. The van der Waals surface area contributed by atoms with Gasteiger partial charge in [0, 0.05) is 12.2 Å². The number of amides is 2. The Morgan fingerprint density at radius 1 is 1.07 bits per heavy atom. The molecule has 0 spiro atoms. The van der Waals surface area contributed by atoms with Crippen molar-refractivity contribution in [3.63, 3.8) is 0 Å². The van der Waals surface area contributed by atoms with Gasteiger partial charge in [0.2, 0.25) is 0 Å². The number of rotatable bonds is 7. The lowest BCUT2D eigenvalue weighted by Crippen LogP contribution is -2.48. The van der Waals surface area contributed by atoms with E-state index in [0.29, 0.717) is 24.4 Å². The summed E-state index contributed by atoms with van der Waals surface area (Å²) in [4.78, 5) is 27.6. The summed E-state index contributed by atoms with van der Waals surface area (Å²) in [6.45, 7) is 7.05. The van der Waals surface area contributed by atoms with Crippen molar-refractivity contribution in [3.05, 3.63) is 41.1 Å². The third-order valence-corrected chi connectivity index (χ3v) is 5.25. The molecule has 0 saturated carbocycles. The summed E-state index contributed by atoms with van der Waals surface area (Å²) in [5.74, 6) is 0.353. The molecule has 2 heterocycles. The van der Waals surface area contributed by atoms with Gasteiger partial charge in [0.15, 0.2) is 0 Å². The minimum absolute atomic E-state index is 0.281. The lowest BCUT2D eigenvalue weighted by Gasteiger charge is -2.32. The van der Waals surface area contributed by atoms with Gasteiger partial charge >= 0.3 is 12.0 Å². The first-order valence-corrected chi connectivity index (χ1v) is 10.5.